The average Bonchev–Trinajstić information content (AvgIpc) is 2.51. The van der Waals surface area contributed by atoms with E-state index in [-0.39, 0.29) is 33.0 Å². The molecule has 0 aromatic rings. The summed E-state index contributed by atoms with van der Waals surface area (Å²) < 4.78 is 9.34. The van der Waals surface area contributed by atoms with E-state index in [4.69, 9.17) is 30.3 Å². The highest BCUT2D eigenvalue weighted by atomic mass is 16.5. The van der Waals surface area contributed by atoms with Crippen molar-refractivity contribution < 1.29 is 39.8 Å². The van der Waals surface area contributed by atoms with Gasteiger partial charge in [0.2, 0.25) is 0 Å². The number of aliphatic hydroxyl groups is 5. The molecule has 0 spiro atoms. The van der Waals surface area contributed by atoms with Crippen LogP contribution >= 0.6 is 0 Å². The maximum Gasteiger partial charge on any atom is 0.330 e. The first-order chi connectivity index (χ1) is 10.0. The monoisotopic (exact) mass is 310 g/mol. The molecule has 8 heteroatoms. The lowest BCUT2D eigenvalue weighted by Crippen LogP contribution is -2.25. The second-order valence-corrected chi connectivity index (χ2v) is 4.01. The van der Waals surface area contributed by atoms with Crippen LogP contribution in [-0.2, 0) is 14.3 Å². The number of hydrogen-bond donors (Lipinski definition) is 5. The molecule has 0 bridgehead atoms. The zero-order valence-electron chi connectivity index (χ0n) is 12.1. The van der Waals surface area contributed by atoms with Crippen molar-refractivity contribution in [2.24, 2.45) is 0 Å². The van der Waals surface area contributed by atoms with E-state index in [2.05, 4.69) is 11.3 Å². The van der Waals surface area contributed by atoms with Gasteiger partial charge in [0.05, 0.1) is 33.0 Å². The Labute approximate surface area is 124 Å². The average molecular weight is 310 g/mol. The third-order valence-electron chi connectivity index (χ3n) is 2.01. The van der Waals surface area contributed by atoms with Crippen molar-refractivity contribution >= 4 is 5.97 Å². The van der Waals surface area contributed by atoms with E-state index < -0.39 is 18.2 Å². The van der Waals surface area contributed by atoms with E-state index in [0.717, 1.165) is 6.08 Å². The molecule has 0 aromatic carbocycles. The topological polar surface area (TPSA) is 137 Å². The van der Waals surface area contributed by atoms with Crippen molar-refractivity contribution in [2.45, 2.75) is 25.0 Å². The Hall–Kier alpha value is -1.03. The van der Waals surface area contributed by atoms with E-state index in [1.165, 1.54) is 0 Å². The molecule has 21 heavy (non-hydrogen) atoms. The Morgan fingerprint density at radius 2 is 1.57 bits per heavy atom. The normalized spacial score (nSPS) is 12.8. The van der Waals surface area contributed by atoms with Crippen LogP contribution in [0.1, 0.15) is 12.8 Å². The highest BCUT2D eigenvalue weighted by molar-refractivity contribution is 5.81. The second-order valence-electron chi connectivity index (χ2n) is 4.01. The molecule has 0 saturated carbocycles. The van der Waals surface area contributed by atoms with Crippen LogP contribution in [0.2, 0.25) is 0 Å². The van der Waals surface area contributed by atoms with Crippen LogP contribution < -0.4 is 0 Å². The number of esters is 1. The highest BCUT2D eigenvalue weighted by Crippen LogP contribution is 1.89. The molecule has 0 fully saturated rings. The smallest absolute Gasteiger partial charge is 0.330 e. The van der Waals surface area contributed by atoms with Gasteiger partial charge in [-0.15, -0.1) is 0 Å². The fraction of sp³-hybridized carbons (Fsp3) is 0.769. The van der Waals surface area contributed by atoms with Crippen molar-refractivity contribution in [1.82, 2.24) is 0 Å². The summed E-state index contributed by atoms with van der Waals surface area (Å²) in [6, 6.07) is 0. The van der Waals surface area contributed by atoms with E-state index in [9.17, 15) is 4.79 Å². The summed E-state index contributed by atoms with van der Waals surface area (Å²) in [4.78, 5) is 10.4. The van der Waals surface area contributed by atoms with Gasteiger partial charge >= 0.3 is 5.97 Å². The standard InChI is InChI=1S/C7H12O3.C6H14O5/c1-2-7(9)10-6-4-3-5-8;7-1-5(9)3-11-4-6(10)2-8/h2,8H,1,3-6H2;5-10H,1-4H2. The lowest BCUT2D eigenvalue weighted by Gasteiger charge is -2.10. The number of carbonyl (C=O) groups excluding carboxylic acids is 1. The highest BCUT2D eigenvalue weighted by Gasteiger charge is 2.04. The fourth-order valence-electron chi connectivity index (χ4n) is 0.891. The zero-order valence-corrected chi connectivity index (χ0v) is 12.1. The Bertz CT molecular complexity index is 236. The molecule has 5 N–H and O–H groups in total. The van der Waals surface area contributed by atoms with Gasteiger partial charge in [-0.1, -0.05) is 6.58 Å². The number of ether oxygens (including phenoxy) is 2. The van der Waals surface area contributed by atoms with Crippen LogP contribution in [0.5, 0.6) is 0 Å². The van der Waals surface area contributed by atoms with Crippen LogP contribution in [0.25, 0.3) is 0 Å². The minimum absolute atomic E-state index is 0.0342. The maximum atomic E-state index is 10.4. The first kappa shape index (κ1) is 22.3. The van der Waals surface area contributed by atoms with Gasteiger partial charge < -0.3 is 35.0 Å². The molecule has 0 amide bonds. The summed E-state index contributed by atoms with van der Waals surface area (Å²) in [5, 5.41) is 42.4. The quantitative estimate of drug-likeness (QED) is 0.171. The largest absolute Gasteiger partial charge is 0.463 e. The number of hydrogen-bond acceptors (Lipinski definition) is 8. The van der Waals surface area contributed by atoms with Crippen LogP contribution in [0.4, 0.5) is 0 Å². The SMILES string of the molecule is C=CC(=O)OCCCCO.OCC(O)COCC(O)CO. The summed E-state index contributed by atoms with van der Waals surface area (Å²) in [6.45, 7) is 2.95. The molecule has 0 aliphatic rings. The molecule has 2 unspecified atom stereocenters. The van der Waals surface area contributed by atoms with E-state index >= 15 is 0 Å². The van der Waals surface area contributed by atoms with Crippen molar-refractivity contribution in [3.63, 3.8) is 0 Å². The van der Waals surface area contributed by atoms with Crippen LogP contribution in [0.3, 0.4) is 0 Å². The van der Waals surface area contributed by atoms with Crippen molar-refractivity contribution in [3.8, 4) is 0 Å². The molecule has 0 saturated heterocycles. The molecular weight excluding hydrogens is 284 g/mol. The molecule has 0 radical (unpaired) electrons. The molecule has 126 valence electrons. The molecule has 0 heterocycles. The van der Waals surface area contributed by atoms with Crippen LogP contribution in [0.15, 0.2) is 12.7 Å². The first-order valence-corrected chi connectivity index (χ1v) is 6.57. The molecule has 2 atom stereocenters. The van der Waals surface area contributed by atoms with Gasteiger partial charge in [0, 0.05) is 12.7 Å². The third kappa shape index (κ3) is 19.0. The predicted molar refractivity (Wildman–Crippen MR) is 74.5 cm³/mol. The molecule has 0 aliphatic carbocycles. The summed E-state index contributed by atoms with van der Waals surface area (Å²) in [7, 11) is 0. The summed E-state index contributed by atoms with van der Waals surface area (Å²) in [5.41, 5.74) is 0. The van der Waals surface area contributed by atoms with E-state index in [1.54, 1.807) is 0 Å². The minimum atomic E-state index is -0.916. The molecule has 0 rings (SSSR count). The van der Waals surface area contributed by atoms with Gasteiger partial charge in [0.1, 0.15) is 12.2 Å². The van der Waals surface area contributed by atoms with Gasteiger partial charge in [-0.3, -0.25) is 0 Å². The van der Waals surface area contributed by atoms with Gasteiger partial charge in [-0.2, -0.15) is 0 Å². The second kappa shape index (κ2) is 17.0. The molecule has 8 nitrogen and oxygen atoms in total. The van der Waals surface area contributed by atoms with Gasteiger partial charge in [-0.05, 0) is 12.8 Å². The van der Waals surface area contributed by atoms with Gasteiger partial charge in [-0.25, -0.2) is 4.79 Å². The number of aliphatic hydroxyl groups excluding tert-OH is 5. The maximum absolute atomic E-state index is 10.4. The Kier molecular flexibility index (Phi) is 18.0. The fourth-order valence-corrected chi connectivity index (χ4v) is 0.891. The Balaban J connectivity index is 0. The molecule has 0 aliphatic heterocycles. The minimum Gasteiger partial charge on any atom is -0.463 e. The number of carbonyl (C=O) groups is 1. The summed E-state index contributed by atoms with van der Waals surface area (Å²) in [5.74, 6) is -0.405. The zero-order chi connectivity index (χ0) is 16.5. The lowest BCUT2D eigenvalue weighted by molar-refractivity contribution is -0.137. The van der Waals surface area contributed by atoms with E-state index in [0.29, 0.717) is 19.4 Å². The van der Waals surface area contributed by atoms with Crippen LogP contribution in [0, 0.1) is 0 Å². The van der Waals surface area contributed by atoms with Crippen molar-refractivity contribution in [2.75, 3.05) is 39.6 Å². The van der Waals surface area contributed by atoms with Crippen LogP contribution in [-0.4, -0.2) is 83.4 Å². The summed E-state index contributed by atoms with van der Waals surface area (Å²) >= 11 is 0. The molecule has 0 aromatic heterocycles. The van der Waals surface area contributed by atoms with Gasteiger partial charge in [0.15, 0.2) is 0 Å². The van der Waals surface area contributed by atoms with Crippen molar-refractivity contribution in [1.29, 1.82) is 0 Å². The Morgan fingerprint density at radius 3 is 1.95 bits per heavy atom. The van der Waals surface area contributed by atoms with Crippen molar-refractivity contribution in [3.05, 3.63) is 12.7 Å². The number of unbranched alkanes of at least 4 members (excludes halogenated alkanes) is 1. The predicted octanol–water partition coefficient (Wildman–Crippen LogP) is -1.80. The molecular formula is C13H26O8. The van der Waals surface area contributed by atoms with Gasteiger partial charge in [0.25, 0.3) is 0 Å². The van der Waals surface area contributed by atoms with E-state index in [1.807, 2.05) is 0 Å². The number of rotatable bonds is 11. The third-order valence-corrected chi connectivity index (χ3v) is 2.01. The lowest BCUT2D eigenvalue weighted by atomic mass is 10.3. The summed E-state index contributed by atoms with van der Waals surface area (Å²) in [6.07, 6.45) is 0.668. The first-order valence-electron chi connectivity index (χ1n) is 6.57. The Morgan fingerprint density at radius 1 is 1.05 bits per heavy atom.